The van der Waals surface area contributed by atoms with Gasteiger partial charge in [-0.25, -0.2) is 4.98 Å². The predicted molar refractivity (Wildman–Crippen MR) is 116 cm³/mol. The Hall–Kier alpha value is -2.71. The van der Waals surface area contributed by atoms with E-state index >= 15 is 0 Å². The molecule has 9 heteroatoms. The molecule has 0 saturated carbocycles. The standard InChI is InChI=1S/C22H31F3N4O2/c1-13(2)11-29(12-14(3)4)18-7-6-16(15(5)8-20(30)31)9-17(18)27-21-26-10-19(28-21)22(23,24)25/h6-7,9-10,13-15H,8,11-12H2,1-5H3,(H,30,31)(H2,26,27,28). The molecular formula is C22H31F3N4O2. The summed E-state index contributed by atoms with van der Waals surface area (Å²) in [6, 6.07) is 5.58. The summed E-state index contributed by atoms with van der Waals surface area (Å²) < 4.78 is 38.9. The molecule has 31 heavy (non-hydrogen) atoms. The van der Waals surface area contributed by atoms with Crippen molar-refractivity contribution in [1.29, 1.82) is 0 Å². The maximum atomic E-state index is 13.0. The number of imidazole rings is 1. The molecule has 0 fully saturated rings. The number of hydrogen-bond donors (Lipinski definition) is 3. The highest BCUT2D eigenvalue weighted by Gasteiger charge is 2.33. The van der Waals surface area contributed by atoms with Crippen LogP contribution in [-0.4, -0.2) is 34.1 Å². The minimum atomic E-state index is -4.54. The first-order valence-corrected chi connectivity index (χ1v) is 10.4. The number of carboxylic acids is 1. The van der Waals surface area contributed by atoms with Crippen LogP contribution in [0, 0.1) is 11.8 Å². The van der Waals surface area contributed by atoms with Crippen LogP contribution in [-0.2, 0) is 11.0 Å². The van der Waals surface area contributed by atoms with E-state index in [1.807, 2.05) is 19.1 Å². The Labute approximate surface area is 180 Å². The zero-order valence-corrected chi connectivity index (χ0v) is 18.5. The molecule has 0 amide bonds. The van der Waals surface area contributed by atoms with E-state index in [2.05, 4.69) is 47.9 Å². The number of nitrogens with zero attached hydrogens (tertiary/aromatic N) is 2. The number of carboxylic acid groups (broad SMARTS) is 1. The van der Waals surface area contributed by atoms with Gasteiger partial charge in [0.2, 0.25) is 5.95 Å². The third-order valence-corrected chi connectivity index (χ3v) is 4.70. The zero-order chi connectivity index (χ0) is 23.3. The predicted octanol–water partition coefficient (Wildman–Crippen LogP) is 5.87. The Kier molecular flexibility index (Phi) is 7.97. The van der Waals surface area contributed by atoms with Gasteiger partial charge < -0.3 is 20.3 Å². The molecular weight excluding hydrogens is 409 g/mol. The number of alkyl halides is 3. The molecule has 2 rings (SSSR count). The molecule has 0 aliphatic carbocycles. The van der Waals surface area contributed by atoms with Gasteiger partial charge in [-0.15, -0.1) is 0 Å². The van der Waals surface area contributed by atoms with Crippen molar-refractivity contribution >= 4 is 23.3 Å². The summed E-state index contributed by atoms with van der Waals surface area (Å²) in [4.78, 5) is 19.5. The van der Waals surface area contributed by atoms with Crippen molar-refractivity contribution in [3.8, 4) is 0 Å². The van der Waals surface area contributed by atoms with Gasteiger partial charge in [0.15, 0.2) is 5.69 Å². The molecule has 0 bridgehead atoms. The first-order chi connectivity index (χ1) is 14.4. The van der Waals surface area contributed by atoms with E-state index in [0.717, 1.165) is 30.5 Å². The molecule has 0 spiro atoms. The largest absolute Gasteiger partial charge is 0.481 e. The monoisotopic (exact) mass is 440 g/mol. The maximum absolute atomic E-state index is 13.0. The van der Waals surface area contributed by atoms with Crippen LogP contribution in [0.3, 0.4) is 0 Å². The number of hydrogen-bond acceptors (Lipinski definition) is 4. The van der Waals surface area contributed by atoms with Crippen molar-refractivity contribution < 1.29 is 23.1 Å². The normalized spacial score (nSPS) is 13.0. The number of anilines is 3. The molecule has 0 saturated heterocycles. The van der Waals surface area contributed by atoms with Gasteiger partial charge in [0, 0.05) is 19.3 Å². The van der Waals surface area contributed by atoms with E-state index in [-0.39, 0.29) is 18.3 Å². The average Bonchev–Trinajstić information content (AvgIpc) is 3.08. The highest BCUT2D eigenvalue weighted by molar-refractivity contribution is 5.75. The summed E-state index contributed by atoms with van der Waals surface area (Å²) in [5, 5.41) is 12.1. The van der Waals surface area contributed by atoms with E-state index in [0.29, 0.717) is 17.5 Å². The summed E-state index contributed by atoms with van der Waals surface area (Å²) in [7, 11) is 0. The van der Waals surface area contributed by atoms with Crippen LogP contribution >= 0.6 is 0 Å². The molecule has 0 radical (unpaired) electrons. The van der Waals surface area contributed by atoms with Crippen LogP contribution in [0.5, 0.6) is 0 Å². The number of nitrogens with one attached hydrogen (secondary N) is 2. The molecule has 1 unspecified atom stereocenters. The Morgan fingerprint density at radius 3 is 2.26 bits per heavy atom. The Morgan fingerprint density at radius 1 is 1.16 bits per heavy atom. The number of rotatable bonds is 10. The Balaban J connectivity index is 2.47. The van der Waals surface area contributed by atoms with E-state index in [9.17, 15) is 18.0 Å². The molecule has 0 aliphatic heterocycles. The zero-order valence-electron chi connectivity index (χ0n) is 18.5. The van der Waals surface area contributed by atoms with Crippen LogP contribution < -0.4 is 10.2 Å². The minimum Gasteiger partial charge on any atom is -0.481 e. The van der Waals surface area contributed by atoms with E-state index in [4.69, 9.17) is 5.11 Å². The van der Waals surface area contributed by atoms with E-state index < -0.39 is 17.8 Å². The number of aromatic amines is 1. The van der Waals surface area contributed by atoms with Crippen molar-refractivity contribution in [2.45, 2.75) is 53.1 Å². The van der Waals surface area contributed by atoms with Crippen LogP contribution in [0.1, 0.15) is 58.2 Å². The van der Waals surface area contributed by atoms with Crippen molar-refractivity contribution in [2.24, 2.45) is 11.8 Å². The smallest absolute Gasteiger partial charge is 0.434 e. The van der Waals surface area contributed by atoms with Gasteiger partial charge in [-0.05, 0) is 35.4 Å². The SMILES string of the molecule is CC(C)CN(CC(C)C)c1ccc(C(C)CC(=O)O)cc1Nc1nc(C(F)(F)F)c[nH]1. The lowest BCUT2D eigenvalue weighted by molar-refractivity contribution is -0.141. The van der Waals surface area contributed by atoms with Crippen molar-refractivity contribution in [3.63, 3.8) is 0 Å². The van der Waals surface area contributed by atoms with Gasteiger partial charge >= 0.3 is 12.1 Å². The van der Waals surface area contributed by atoms with Crippen LogP contribution in [0.4, 0.5) is 30.5 Å². The first kappa shape index (κ1) is 24.6. The molecule has 1 atom stereocenters. The molecule has 2 aromatic rings. The Morgan fingerprint density at radius 2 is 1.77 bits per heavy atom. The first-order valence-electron chi connectivity index (χ1n) is 10.4. The molecule has 6 nitrogen and oxygen atoms in total. The van der Waals surface area contributed by atoms with Gasteiger partial charge in [-0.3, -0.25) is 4.79 Å². The second-order valence-corrected chi connectivity index (χ2v) is 8.73. The lowest BCUT2D eigenvalue weighted by atomic mass is 9.96. The number of aromatic nitrogens is 2. The number of halogens is 3. The van der Waals surface area contributed by atoms with Crippen molar-refractivity contribution in [1.82, 2.24) is 9.97 Å². The molecule has 3 N–H and O–H groups in total. The van der Waals surface area contributed by atoms with Gasteiger partial charge in [0.1, 0.15) is 0 Å². The number of carbonyl (C=O) groups is 1. The summed E-state index contributed by atoms with van der Waals surface area (Å²) in [6.07, 6.45) is -3.77. The molecule has 1 aromatic heterocycles. The average molecular weight is 441 g/mol. The second-order valence-electron chi connectivity index (χ2n) is 8.73. The lowest BCUT2D eigenvalue weighted by Crippen LogP contribution is -2.31. The van der Waals surface area contributed by atoms with Gasteiger partial charge in [-0.2, -0.15) is 13.2 Å². The van der Waals surface area contributed by atoms with Crippen LogP contribution in [0.2, 0.25) is 0 Å². The molecule has 1 aromatic carbocycles. The fourth-order valence-electron chi connectivity index (χ4n) is 3.43. The highest BCUT2D eigenvalue weighted by Crippen LogP contribution is 2.35. The number of benzene rings is 1. The van der Waals surface area contributed by atoms with Crippen LogP contribution in [0.15, 0.2) is 24.4 Å². The fourth-order valence-corrected chi connectivity index (χ4v) is 3.43. The van der Waals surface area contributed by atoms with Gasteiger partial charge in [-0.1, -0.05) is 40.7 Å². The van der Waals surface area contributed by atoms with Gasteiger partial charge in [0.25, 0.3) is 0 Å². The van der Waals surface area contributed by atoms with Gasteiger partial charge in [0.05, 0.1) is 17.8 Å². The number of aliphatic carboxylic acids is 1. The fraction of sp³-hybridized carbons (Fsp3) is 0.545. The minimum absolute atomic E-state index is 0.0225. The topological polar surface area (TPSA) is 81.2 Å². The number of H-pyrrole nitrogens is 1. The summed E-state index contributed by atoms with van der Waals surface area (Å²) in [5.74, 6) is -0.438. The lowest BCUT2D eigenvalue weighted by Gasteiger charge is -2.31. The van der Waals surface area contributed by atoms with Crippen LogP contribution in [0.25, 0.3) is 0 Å². The highest BCUT2D eigenvalue weighted by atomic mass is 19.4. The maximum Gasteiger partial charge on any atom is 0.434 e. The summed E-state index contributed by atoms with van der Waals surface area (Å²) in [5.41, 5.74) is 1.19. The summed E-state index contributed by atoms with van der Waals surface area (Å²) >= 11 is 0. The molecule has 0 aliphatic rings. The molecule has 172 valence electrons. The van der Waals surface area contributed by atoms with E-state index in [1.54, 1.807) is 6.07 Å². The molecule has 1 heterocycles. The third-order valence-electron chi connectivity index (χ3n) is 4.70. The van der Waals surface area contributed by atoms with E-state index in [1.165, 1.54) is 0 Å². The second kappa shape index (κ2) is 10.1. The van der Waals surface area contributed by atoms with Crippen molar-refractivity contribution in [3.05, 3.63) is 35.7 Å². The third kappa shape index (κ3) is 7.18. The summed E-state index contributed by atoms with van der Waals surface area (Å²) in [6.45, 7) is 11.8. The Bertz CT molecular complexity index is 868. The quantitative estimate of drug-likeness (QED) is 0.431. The van der Waals surface area contributed by atoms with Crippen molar-refractivity contribution in [2.75, 3.05) is 23.3 Å².